The van der Waals surface area contributed by atoms with Crippen LogP contribution in [-0.4, -0.2) is 39.9 Å². The number of ether oxygens (including phenoxy) is 2. The summed E-state index contributed by atoms with van der Waals surface area (Å²) in [4.78, 5) is 12.6. The lowest BCUT2D eigenvalue weighted by atomic mass is 10.1. The molecule has 1 aliphatic heterocycles. The normalized spacial score (nSPS) is 15.8. The van der Waals surface area contributed by atoms with Crippen LogP contribution in [0.5, 0.6) is 11.5 Å². The molecule has 0 bridgehead atoms. The van der Waals surface area contributed by atoms with E-state index in [1.807, 2.05) is 13.8 Å². The Morgan fingerprint density at radius 3 is 2.29 bits per heavy atom. The lowest BCUT2D eigenvalue weighted by Gasteiger charge is -2.13. The van der Waals surface area contributed by atoms with Crippen molar-refractivity contribution in [1.82, 2.24) is 0 Å². The van der Waals surface area contributed by atoms with Crippen molar-refractivity contribution in [2.24, 2.45) is 16.2 Å². The Balaban J connectivity index is 1.99. The average molecular weight is 497 g/mol. The first-order chi connectivity index (χ1) is 15.8. The van der Waals surface area contributed by atoms with Crippen molar-refractivity contribution in [3.8, 4) is 11.5 Å². The van der Waals surface area contributed by atoms with Gasteiger partial charge in [0, 0.05) is 0 Å². The predicted molar refractivity (Wildman–Crippen MR) is 120 cm³/mol. The zero-order valence-corrected chi connectivity index (χ0v) is 19.3. The number of nitrogens with zero attached hydrogens (tertiary/aromatic N) is 2. The molecular formula is C22H22F3N3O5S. The highest BCUT2D eigenvalue weighted by molar-refractivity contribution is 7.89. The maximum absolute atomic E-state index is 13.7. The topological polar surface area (TPSA) is 111 Å². The number of benzene rings is 2. The monoisotopic (exact) mass is 497 g/mol. The lowest BCUT2D eigenvalue weighted by Crippen LogP contribution is -2.25. The molecule has 0 fully saturated rings. The van der Waals surface area contributed by atoms with Crippen molar-refractivity contribution in [1.29, 1.82) is 0 Å². The molecule has 2 aromatic carbocycles. The van der Waals surface area contributed by atoms with Crippen LogP contribution in [0.15, 0.2) is 58.0 Å². The summed E-state index contributed by atoms with van der Waals surface area (Å²) in [5.74, 6) is -0.0771. The van der Waals surface area contributed by atoms with E-state index in [0.29, 0.717) is 23.1 Å². The summed E-state index contributed by atoms with van der Waals surface area (Å²) in [6.45, 7) is 4.34. The van der Waals surface area contributed by atoms with Gasteiger partial charge in [0.25, 0.3) is 5.91 Å². The molecule has 12 heteroatoms. The molecule has 182 valence electrons. The summed E-state index contributed by atoms with van der Waals surface area (Å²) < 4.78 is 74.8. The molecule has 0 unspecified atom stereocenters. The number of anilines is 1. The van der Waals surface area contributed by atoms with Crippen molar-refractivity contribution >= 4 is 33.4 Å². The number of hydrazone groups is 1. The van der Waals surface area contributed by atoms with Gasteiger partial charge in [-0.1, -0.05) is 19.9 Å². The SMILES string of the molecule is COc1cc(/C=C2\C(=O)N(c3ccc(S(N)(=O)=O)cc3)N=C2C(F)(F)F)ccc1OCC(C)C. The molecule has 0 aromatic heterocycles. The molecule has 34 heavy (non-hydrogen) atoms. The zero-order valence-electron chi connectivity index (χ0n) is 18.5. The minimum Gasteiger partial charge on any atom is -0.493 e. The van der Waals surface area contributed by atoms with Gasteiger partial charge in [0.15, 0.2) is 17.2 Å². The lowest BCUT2D eigenvalue weighted by molar-refractivity contribution is -0.114. The number of carbonyl (C=O) groups is 1. The number of amides is 1. The van der Waals surface area contributed by atoms with Crippen LogP contribution in [0, 0.1) is 5.92 Å². The Morgan fingerprint density at radius 1 is 1.12 bits per heavy atom. The Bertz CT molecular complexity index is 1250. The van der Waals surface area contributed by atoms with Crippen molar-refractivity contribution < 1.29 is 35.9 Å². The number of primary sulfonamides is 1. The summed E-state index contributed by atoms with van der Waals surface area (Å²) in [6, 6.07) is 8.92. The Kier molecular flexibility index (Phi) is 7.03. The fourth-order valence-electron chi connectivity index (χ4n) is 3.02. The first kappa shape index (κ1) is 25.2. The van der Waals surface area contributed by atoms with Crippen LogP contribution < -0.4 is 19.6 Å². The van der Waals surface area contributed by atoms with Crippen LogP contribution in [0.2, 0.25) is 0 Å². The van der Waals surface area contributed by atoms with Gasteiger partial charge in [0.1, 0.15) is 0 Å². The molecule has 3 rings (SSSR count). The Morgan fingerprint density at radius 2 is 1.76 bits per heavy atom. The van der Waals surface area contributed by atoms with E-state index in [2.05, 4.69) is 5.10 Å². The highest BCUT2D eigenvalue weighted by atomic mass is 32.2. The van der Waals surface area contributed by atoms with E-state index in [4.69, 9.17) is 14.6 Å². The predicted octanol–water partition coefficient (Wildman–Crippen LogP) is 3.73. The van der Waals surface area contributed by atoms with Gasteiger partial charge >= 0.3 is 6.18 Å². The number of halogens is 3. The van der Waals surface area contributed by atoms with Gasteiger partial charge in [-0.25, -0.2) is 13.6 Å². The van der Waals surface area contributed by atoms with Gasteiger partial charge in [-0.3, -0.25) is 4.79 Å². The molecule has 2 aromatic rings. The Hall–Kier alpha value is -3.38. The zero-order chi connectivity index (χ0) is 25.3. The number of carbonyl (C=O) groups excluding carboxylic acids is 1. The number of nitrogens with two attached hydrogens (primary N) is 1. The fraction of sp³-hybridized carbons (Fsp3) is 0.273. The van der Waals surface area contributed by atoms with E-state index >= 15 is 0 Å². The molecule has 8 nitrogen and oxygen atoms in total. The molecule has 0 atom stereocenters. The molecule has 0 aliphatic carbocycles. The quantitative estimate of drug-likeness (QED) is 0.586. The molecule has 1 heterocycles. The van der Waals surface area contributed by atoms with Crippen molar-refractivity contribution in [3.63, 3.8) is 0 Å². The molecular weight excluding hydrogens is 475 g/mol. The van der Waals surface area contributed by atoms with Crippen molar-refractivity contribution in [3.05, 3.63) is 53.6 Å². The standard InChI is InChI=1S/C22H22F3N3O5S/c1-13(2)12-33-18-9-4-14(11-19(18)32-3)10-17-20(22(23,24)25)27-28(21(17)29)15-5-7-16(8-6-15)34(26,30)31/h4-11,13H,12H2,1-3H3,(H2,26,30,31)/b17-10-. The summed E-state index contributed by atoms with van der Waals surface area (Å²) in [5.41, 5.74) is -1.86. The van der Waals surface area contributed by atoms with Gasteiger partial charge in [-0.05, 0) is 54.0 Å². The first-order valence-electron chi connectivity index (χ1n) is 9.97. The highest BCUT2D eigenvalue weighted by Gasteiger charge is 2.46. The van der Waals surface area contributed by atoms with Crippen molar-refractivity contribution in [2.45, 2.75) is 24.9 Å². The number of alkyl halides is 3. The van der Waals surface area contributed by atoms with Gasteiger partial charge in [-0.15, -0.1) is 0 Å². The van der Waals surface area contributed by atoms with Crippen molar-refractivity contribution in [2.75, 3.05) is 18.7 Å². The number of sulfonamides is 1. The second-order valence-electron chi connectivity index (χ2n) is 7.78. The Labute approximate surface area is 194 Å². The van der Waals surface area contributed by atoms with Gasteiger partial charge < -0.3 is 9.47 Å². The third kappa shape index (κ3) is 5.57. The van der Waals surface area contributed by atoms with E-state index in [9.17, 15) is 26.4 Å². The third-order valence-corrected chi connectivity index (χ3v) is 5.56. The summed E-state index contributed by atoms with van der Waals surface area (Å²) >= 11 is 0. The summed E-state index contributed by atoms with van der Waals surface area (Å²) in [6.07, 6.45) is -3.86. The molecule has 0 saturated carbocycles. The van der Waals surface area contributed by atoms with Crippen LogP contribution in [0.1, 0.15) is 19.4 Å². The molecule has 1 amide bonds. The fourth-order valence-corrected chi connectivity index (χ4v) is 3.54. The van der Waals surface area contributed by atoms with Crippen LogP contribution in [0.4, 0.5) is 18.9 Å². The van der Waals surface area contributed by atoms with Crippen LogP contribution in [0.3, 0.4) is 0 Å². The number of rotatable bonds is 7. The van der Waals surface area contributed by atoms with Gasteiger partial charge in [0.05, 0.1) is 29.9 Å². The van der Waals surface area contributed by atoms with Gasteiger partial charge in [0.2, 0.25) is 10.0 Å². The maximum atomic E-state index is 13.7. The molecule has 0 saturated heterocycles. The largest absolute Gasteiger partial charge is 0.493 e. The molecule has 0 radical (unpaired) electrons. The molecule has 1 aliphatic rings. The number of methoxy groups -OCH3 is 1. The number of hydrogen-bond acceptors (Lipinski definition) is 6. The third-order valence-electron chi connectivity index (χ3n) is 4.63. The molecule has 2 N–H and O–H groups in total. The maximum Gasteiger partial charge on any atom is 0.435 e. The van der Waals surface area contributed by atoms with E-state index in [1.54, 1.807) is 6.07 Å². The smallest absolute Gasteiger partial charge is 0.435 e. The highest BCUT2D eigenvalue weighted by Crippen LogP contribution is 2.34. The second kappa shape index (κ2) is 9.47. The summed E-state index contributed by atoms with van der Waals surface area (Å²) in [7, 11) is -2.62. The van der Waals surface area contributed by atoms with E-state index in [1.165, 1.54) is 19.2 Å². The van der Waals surface area contributed by atoms with Gasteiger partial charge in [-0.2, -0.15) is 23.3 Å². The average Bonchev–Trinajstić information content (AvgIpc) is 3.08. The minimum atomic E-state index is -4.92. The molecule has 0 spiro atoms. The van der Waals surface area contributed by atoms with Crippen LogP contribution in [0.25, 0.3) is 6.08 Å². The number of hydrogen-bond donors (Lipinski definition) is 1. The van der Waals surface area contributed by atoms with E-state index < -0.39 is 33.4 Å². The summed E-state index contributed by atoms with van der Waals surface area (Å²) in [5, 5.41) is 9.04. The second-order valence-corrected chi connectivity index (χ2v) is 9.34. The van der Waals surface area contributed by atoms with Crippen LogP contribution >= 0.6 is 0 Å². The van der Waals surface area contributed by atoms with E-state index in [-0.39, 0.29) is 22.1 Å². The van der Waals surface area contributed by atoms with Crippen LogP contribution in [-0.2, 0) is 14.8 Å². The first-order valence-corrected chi connectivity index (χ1v) is 11.5. The van der Waals surface area contributed by atoms with E-state index in [0.717, 1.165) is 30.3 Å². The minimum absolute atomic E-state index is 0.0578.